The van der Waals surface area contributed by atoms with E-state index in [2.05, 4.69) is 11.6 Å². The van der Waals surface area contributed by atoms with Gasteiger partial charge in [0.1, 0.15) is 22.4 Å². The van der Waals surface area contributed by atoms with Gasteiger partial charge in [-0.2, -0.15) is 0 Å². The van der Waals surface area contributed by atoms with Crippen LogP contribution in [0.3, 0.4) is 0 Å². The topological polar surface area (TPSA) is 38.7 Å². The van der Waals surface area contributed by atoms with Crippen LogP contribution >= 0.6 is 35.1 Å². The molecule has 2 aromatic rings. The lowest BCUT2D eigenvalue weighted by Crippen LogP contribution is -1.98. The molecule has 0 bridgehead atoms. The number of thioether (sulfide) groups is 2. The first kappa shape index (κ1) is 18.8. The zero-order chi connectivity index (χ0) is 18.4. The van der Waals surface area contributed by atoms with E-state index in [1.165, 1.54) is 11.8 Å². The first-order valence-corrected chi connectivity index (χ1v) is 10.1. The molecule has 1 heterocycles. The molecule has 0 aromatic heterocycles. The molecule has 0 N–H and O–H groups in total. The maximum atomic E-state index is 12.2. The Morgan fingerprint density at radius 1 is 1.19 bits per heavy atom. The number of aliphatic imine (C=N–C) groups is 1. The van der Waals surface area contributed by atoms with Gasteiger partial charge in [0.25, 0.3) is 0 Å². The molecule has 1 aliphatic rings. The van der Waals surface area contributed by atoms with E-state index in [1.54, 1.807) is 12.2 Å². The number of hydrogen-bond acceptors (Lipinski definition) is 5. The molecule has 0 unspecified atom stereocenters. The smallest absolute Gasteiger partial charge is 0.244 e. The molecule has 0 saturated heterocycles. The van der Waals surface area contributed by atoms with E-state index < -0.39 is 0 Å². The molecule has 0 saturated carbocycles. The van der Waals surface area contributed by atoms with Gasteiger partial charge in [-0.3, -0.25) is 4.79 Å². The van der Waals surface area contributed by atoms with Gasteiger partial charge >= 0.3 is 0 Å². The maximum Gasteiger partial charge on any atom is 0.244 e. The number of halogens is 1. The monoisotopic (exact) mass is 401 g/mol. The lowest BCUT2D eigenvalue weighted by Gasteiger charge is -2.10. The summed E-state index contributed by atoms with van der Waals surface area (Å²) in [5, 5.41) is 0.608. The predicted octanol–water partition coefficient (Wildman–Crippen LogP) is 5.81. The van der Waals surface area contributed by atoms with Crippen molar-refractivity contribution in [3.05, 3.63) is 83.0 Å². The van der Waals surface area contributed by atoms with Gasteiger partial charge in [-0.15, -0.1) is 6.58 Å². The van der Waals surface area contributed by atoms with Gasteiger partial charge in [0.2, 0.25) is 5.12 Å². The summed E-state index contributed by atoms with van der Waals surface area (Å²) in [6.07, 6.45) is 3.55. The van der Waals surface area contributed by atoms with Crippen LogP contribution in [0.5, 0.6) is 5.75 Å². The molecule has 6 heteroatoms. The van der Waals surface area contributed by atoms with Crippen LogP contribution in [0, 0.1) is 0 Å². The molecule has 0 spiro atoms. The molecule has 132 valence electrons. The normalized spacial score (nSPS) is 15.2. The first-order valence-electron chi connectivity index (χ1n) is 7.89. The van der Waals surface area contributed by atoms with Crippen molar-refractivity contribution in [1.82, 2.24) is 0 Å². The fourth-order valence-corrected chi connectivity index (χ4v) is 4.02. The Balaban J connectivity index is 1.79. The van der Waals surface area contributed by atoms with Crippen LogP contribution in [0.4, 0.5) is 0 Å². The van der Waals surface area contributed by atoms with Crippen molar-refractivity contribution < 1.29 is 9.53 Å². The Hall–Kier alpha value is -1.95. The molecule has 3 rings (SSSR count). The van der Waals surface area contributed by atoms with Gasteiger partial charge in [-0.05, 0) is 30.0 Å². The molecule has 0 aliphatic carbocycles. The standard InChI is InChI=1S/C20H16ClNO2S2/c1-2-11-25-20-22-17(19(23)26-20)12-14-7-4-6-10-18(14)24-13-15-8-3-5-9-16(15)21/h2-10,12H,1,11,13H2/b17-12-. The number of carbonyl (C=O) groups is 1. The van der Waals surface area contributed by atoms with Crippen LogP contribution in [0.1, 0.15) is 11.1 Å². The molecule has 0 amide bonds. The van der Waals surface area contributed by atoms with Crippen molar-refractivity contribution in [3.63, 3.8) is 0 Å². The summed E-state index contributed by atoms with van der Waals surface area (Å²) in [7, 11) is 0. The van der Waals surface area contributed by atoms with E-state index in [9.17, 15) is 4.79 Å². The Kier molecular flexibility index (Phi) is 6.61. The van der Waals surface area contributed by atoms with Crippen molar-refractivity contribution >= 4 is 50.7 Å². The number of benzene rings is 2. The number of para-hydroxylation sites is 1. The third-order valence-corrected chi connectivity index (χ3v) is 5.85. The van der Waals surface area contributed by atoms with Crippen LogP contribution in [0.15, 0.2) is 71.9 Å². The van der Waals surface area contributed by atoms with Crippen molar-refractivity contribution in [2.75, 3.05) is 5.75 Å². The second-order valence-electron chi connectivity index (χ2n) is 5.31. The number of ether oxygens (including phenoxy) is 1. The average Bonchev–Trinajstić information content (AvgIpc) is 3.00. The Bertz CT molecular complexity index is 893. The third kappa shape index (κ3) is 4.81. The maximum absolute atomic E-state index is 12.2. The van der Waals surface area contributed by atoms with Gasteiger partial charge in [-0.1, -0.05) is 65.8 Å². The first-order chi connectivity index (χ1) is 12.7. The highest BCUT2D eigenvalue weighted by Crippen LogP contribution is 2.32. The average molecular weight is 402 g/mol. The fraction of sp³-hybridized carbons (Fsp3) is 0.100. The van der Waals surface area contributed by atoms with Crippen molar-refractivity contribution in [3.8, 4) is 5.75 Å². The second kappa shape index (κ2) is 9.12. The van der Waals surface area contributed by atoms with Crippen molar-refractivity contribution in [2.24, 2.45) is 4.99 Å². The van der Waals surface area contributed by atoms with E-state index in [0.29, 0.717) is 23.1 Å². The number of carbonyl (C=O) groups excluding carboxylic acids is 1. The minimum Gasteiger partial charge on any atom is -0.488 e. The van der Waals surface area contributed by atoms with E-state index in [4.69, 9.17) is 16.3 Å². The number of rotatable bonds is 6. The highest BCUT2D eigenvalue weighted by atomic mass is 35.5. The zero-order valence-electron chi connectivity index (χ0n) is 13.9. The predicted molar refractivity (Wildman–Crippen MR) is 113 cm³/mol. The summed E-state index contributed by atoms with van der Waals surface area (Å²) in [6.45, 7) is 4.03. The zero-order valence-corrected chi connectivity index (χ0v) is 16.2. The quantitative estimate of drug-likeness (QED) is 0.452. The molecular formula is C20H16ClNO2S2. The van der Waals surface area contributed by atoms with Gasteiger partial charge in [0, 0.05) is 21.9 Å². The molecule has 1 aliphatic heterocycles. The number of nitrogens with zero attached hydrogens (tertiary/aromatic N) is 1. The van der Waals surface area contributed by atoms with Crippen LogP contribution in [-0.4, -0.2) is 15.2 Å². The summed E-state index contributed by atoms with van der Waals surface area (Å²) < 4.78 is 6.67. The highest BCUT2D eigenvalue weighted by Gasteiger charge is 2.22. The van der Waals surface area contributed by atoms with Gasteiger partial charge < -0.3 is 4.74 Å². The van der Waals surface area contributed by atoms with Crippen molar-refractivity contribution in [2.45, 2.75) is 6.61 Å². The Morgan fingerprint density at radius 2 is 1.96 bits per heavy atom. The van der Waals surface area contributed by atoms with Crippen molar-refractivity contribution in [1.29, 1.82) is 0 Å². The molecule has 26 heavy (non-hydrogen) atoms. The van der Waals surface area contributed by atoms with E-state index >= 15 is 0 Å². The largest absolute Gasteiger partial charge is 0.488 e. The third-order valence-electron chi connectivity index (χ3n) is 3.48. The molecule has 0 radical (unpaired) electrons. The summed E-state index contributed by atoms with van der Waals surface area (Å²) >= 11 is 8.83. The molecule has 0 atom stereocenters. The van der Waals surface area contributed by atoms with E-state index in [-0.39, 0.29) is 5.12 Å². The summed E-state index contributed by atoms with van der Waals surface area (Å²) in [5.74, 6) is 1.41. The summed E-state index contributed by atoms with van der Waals surface area (Å²) in [5.41, 5.74) is 2.14. The van der Waals surface area contributed by atoms with Gasteiger partial charge in [-0.25, -0.2) is 4.99 Å². The molecular weight excluding hydrogens is 386 g/mol. The van der Waals surface area contributed by atoms with Gasteiger partial charge in [0.15, 0.2) is 0 Å². The fourth-order valence-electron chi connectivity index (χ4n) is 2.23. The second-order valence-corrected chi connectivity index (χ2v) is 7.95. The minimum atomic E-state index is -0.0579. The van der Waals surface area contributed by atoms with E-state index in [0.717, 1.165) is 33.0 Å². The van der Waals surface area contributed by atoms with Crippen LogP contribution < -0.4 is 4.74 Å². The van der Waals surface area contributed by atoms with Gasteiger partial charge in [0.05, 0.1) is 0 Å². The Labute approximate surface area is 166 Å². The van der Waals surface area contributed by atoms with Crippen LogP contribution in [0.2, 0.25) is 5.02 Å². The van der Waals surface area contributed by atoms with Crippen LogP contribution in [-0.2, 0) is 11.4 Å². The molecule has 2 aromatic carbocycles. The minimum absolute atomic E-state index is 0.0579. The lowest BCUT2D eigenvalue weighted by atomic mass is 10.1. The number of hydrogen-bond donors (Lipinski definition) is 0. The van der Waals surface area contributed by atoms with E-state index in [1.807, 2.05) is 48.5 Å². The van der Waals surface area contributed by atoms with Crippen LogP contribution in [0.25, 0.3) is 6.08 Å². The molecule has 0 fully saturated rings. The highest BCUT2D eigenvalue weighted by molar-refractivity contribution is 8.45. The molecule has 3 nitrogen and oxygen atoms in total. The Morgan fingerprint density at radius 3 is 2.77 bits per heavy atom. The summed E-state index contributed by atoms with van der Waals surface area (Å²) in [4.78, 5) is 16.6. The lowest BCUT2D eigenvalue weighted by molar-refractivity contribution is -0.107. The SMILES string of the molecule is C=CCSC1=N/C(=C\c2ccccc2OCc2ccccc2Cl)C(=O)S1. The summed E-state index contributed by atoms with van der Waals surface area (Å²) in [6, 6.07) is 15.1.